The topological polar surface area (TPSA) is 53.8 Å². The summed E-state index contributed by atoms with van der Waals surface area (Å²) in [6, 6.07) is 26.8. The van der Waals surface area contributed by atoms with E-state index in [9.17, 15) is 0 Å². The normalized spacial score (nSPS) is 19.8. The molecule has 2 aliphatic rings. The van der Waals surface area contributed by atoms with Gasteiger partial charge in [0.2, 0.25) is 0 Å². The van der Waals surface area contributed by atoms with Gasteiger partial charge in [0, 0.05) is 35.6 Å². The summed E-state index contributed by atoms with van der Waals surface area (Å²) in [4.78, 5) is 10.3. The second-order valence-corrected chi connectivity index (χ2v) is 10.6. The van der Waals surface area contributed by atoms with Gasteiger partial charge < -0.3 is 24.3 Å². The van der Waals surface area contributed by atoms with Crippen molar-refractivity contribution in [3.05, 3.63) is 102 Å². The minimum atomic E-state index is -0.177. The van der Waals surface area contributed by atoms with Gasteiger partial charge in [0.15, 0.2) is 10.2 Å². The molecule has 2 saturated heterocycles. The summed E-state index contributed by atoms with van der Waals surface area (Å²) in [7, 11) is 0. The predicted molar refractivity (Wildman–Crippen MR) is 151 cm³/mol. The van der Waals surface area contributed by atoms with Gasteiger partial charge in [0.25, 0.3) is 0 Å². The molecule has 6 rings (SSSR count). The van der Waals surface area contributed by atoms with E-state index in [1.807, 2.05) is 30.5 Å². The van der Waals surface area contributed by atoms with Crippen molar-refractivity contribution in [3.63, 3.8) is 0 Å². The summed E-state index contributed by atoms with van der Waals surface area (Å²) in [6.07, 6.45) is 1.82. The molecular formula is C29H28N4O2S2. The molecule has 0 bridgehead atoms. The number of rotatable bonds is 6. The van der Waals surface area contributed by atoms with Crippen LogP contribution in [0.2, 0.25) is 0 Å². The molecule has 2 aliphatic heterocycles. The molecule has 2 aromatic carbocycles. The van der Waals surface area contributed by atoms with Crippen LogP contribution in [0.15, 0.2) is 99.5 Å². The number of nitrogens with zero attached hydrogens (tertiary/aromatic N) is 3. The number of thiocarbonyl (C=S) groups is 1. The maximum absolute atomic E-state index is 6.44. The van der Waals surface area contributed by atoms with Crippen LogP contribution in [0.1, 0.15) is 29.1 Å². The van der Waals surface area contributed by atoms with E-state index in [1.54, 1.807) is 11.8 Å². The number of aromatic nitrogens is 1. The summed E-state index contributed by atoms with van der Waals surface area (Å²) in [5, 5.41) is 5.01. The van der Waals surface area contributed by atoms with Crippen LogP contribution in [0, 0.1) is 6.92 Å². The molecule has 0 spiro atoms. The van der Waals surface area contributed by atoms with Crippen LogP contribution in [-0.4, -0.2) is 36.4 Å². The van der Waals surface area contributed by atoms with Crippen molar-refractivity contribution in [2.24, 2.45) is 0 Å². The first-order valence-corrected chi connectivity index (χ1v) is 13.7. The van der Waals surface area contributed by atoms with E-state index in [0.717, 1.165) is 53.4 Å². The van der Waals surface area contributed by atoms with Crippen molar-refractivity contribution in [3.8, 4) is 0 Å². The highest BCUT2D eigenvalue weighted by atomic mass is 32.2. The Bertz CT molecular complexity index is 1350. The second kappa shape index (κ2) is 10.6. The Balaban J connectivity index is 1.32. The number of benzene rings is 2. The molecule has 2 aromatic heterocycles. The Morgan fingerprint density at radius 3 is 2.41 bits per heavy atom. The van der Waals surface area contributed by atoms with Crippen molar-refractivity contribution in [2.75, 3.05) is 36.1 Å². The summed E-state index contributed by atoms with van der Waals surface area (Å²) >= 11 is 7.49. The fourth-order valence-corrected chi connectivity index (χ4v) is 5.96. The molecule has 0 amide bonds. The third-order valence-electron chi connectivity index (χ3n) is 6.74. The average molecular weight is 529 g/mol. The number of furan rings is 1. The molecule has 8 heteroatoms. The molecule has 2 atom stereocenters. The molecule has 188 valence electrons. The highest BCUT2D eigenvalue weighted by Gasteiger charge is 2.42. The smallest absolute Gasteiger partial charge is 0.174 e. The fourth-order valence-electron chi connectivity index (χ4n) is 4.84. The lowest BCUT2D eigenvalue weighted by Crippen LogP contribution is -2.36. The lowest BCUT2D eigenvalue weighted by atomic mass is 10.0. The average Bonchev–Trinajstić information content (AvgIpc) is 3.55. The highest BCUT2D eigenvalue weighted by molar-refractivity contribution is 7.99. The molecule has 2 fully saturated rings. The van der Waals surface area contributed by atoms with Crippen LogP contribution in [0.5, 0.6) is 0 Å². The van der Waals surface area contributed by atoms with Crippen LogP contribution in [0.3, 0.4) is 0 Å². The van der Waals surface area contributed by atoms with E-state index in [-0.39, 0.29) is 12.1 Å². The largest absolute Gasteiger partial charge is 0.452 e. The van der Waals surface area contributed by atoms with Gasteiger partial charge in [-0.2, -0.15) is 0 Å². The lowest BCUT2D eigenvalue weighted by molar-refractivity contribution is 0.122. The number of morpholine rings is 1. The third-order valence-corrected chi connectivity index (χ3v) is 7.98. The molecule has 37 heavy (non-hydrogen) atoms. The van der Waals surface area contributed by atoms with Gasteiger partial charge in [-0.3, -0.25) is 4.98 Å². The number of hydrogen-bond acceptors (Lipinski definition) is 6. The molecule has 4 aromatic rings. The Hall–Kier alpha value is -3.33. The quantitative estimate of drug-likeness (QED) is 0.299. The molecule has 4 heterocycles. The SMILES string of the molecule is Cc1ccc(Sc2ccc([C@@H]3[C@@H](c4ccccn4)NC(=S)N3c3ccc(N4CCOCC4)cc3)o2)cc1. The first-order chi connectivity index (χ1) is 18.2. The van der Waals surface area contributed by atoms with E-state index in [2.05, 4.69) is 81.6 Å². The van der Waals surface area contributed by atoms with Gasteiger partial charge in [0.05, 0.1) is 24.9 Å². The van der Waals surface area contributed by atoms with E-state index in [0.29, 0.717) is 5.11 Å². The Kier molecular flexibility index (Phi) is 6.87. The van der Waals surface area contributed by atoms with Gasteiger partial charge in [-0.15, -0.1) is 0 Å². The van der Waals surface area contributed by atoms with Crippen molar-refractivity contribution in [2.45, 2.75) is 29.0 Å². The van der Waals surface area contributed by atoms with E-state index in [1.165, 1.54) is 11.3 Å². The Morgan fingerprint density at radius 1 is 0.919 bits per heavy atom. The van der Waals surface area contributed by atoms with Crippen molar-refractivity contribution < 1.29 is 9.15 Å². The third kappa shape index (κ3) is 5.09. The molecule has 1 N–H and O–H groups in total. The van der Waals surface area contributed by atoms with Crippen LogP contribution in [0.4, 0.5) is 11.4 Å². The molecule has 0 aliphatic carbocycles. The van der Waals surface area contributed by atoms with Crippen LogP contribution < -0.4 is 15.1 Å². The molecule has 6 nitrogen and oxygen atoms in total. The highest BCUT2D eigenvalue weighted by Crippen LogP contribution is 2.43. The first kappa shape index (κ1) is 24.0. The van der Waals surface area contributed by atoms with Crippen LogP contribution in [-0.2, 0) is 4.74 Å². The minimum absolute atomic E-state index is 0.143. The number of aryl methyl sites for hydroxylation is 1. The monoisotopic (exact) mass is 528 g/mol. The minimum Gasteiger partial charge on any atom is -0.452 e. The van der Waals surface area contributed by atoms with Gasteiger partial charge in [-0.1, -0.05) is 35.5 Å². The van der Waals surface area contributed by atoms with Crippen molar-refractivity contribution in [1.29, 1.82) is 0 Å². The molecule has 0 unspecified atom stereocenters. The maximum Gasteiger partial charge on any atom is 0.174 e. The summed E-state index contributed by atoms with van der Waals surface area (Å²) < 4.78 is 12.0. The molecule has 0 radical (unpaired) electrons. The van der Waals surface area contributed by atoms with Crippen molar-refractivity contribution in [1.82, 2.24) is 10.3 Å². The fraction of sp³-hybridized carbons (Fsp3) is 0.241. The molecular weight excluding hydrogens is 500 g/mol. The summed E-state index contributed by atoms with van der Waals surface area (Å²) in [6.45, 7) is 5.42. The zero-order valence-corrected chi connectivity index (χ0v) is 22.2. The zero-order chi connectivity index (χ0) is 25.2. The lowest BCUT2D eigenvalue weighted by Gasteiger charge is -2.30. The Morgan fingerprint density at radius 2 is 1.68 bits per heavy atom. The number of hydrogen-bond donors (Lipinski definition) is 1. The predicted octanol–water partition coefficient (Wildman–Crippen LogP) is 6.15. The van der Waals surface area contributed by atoms with Gasteiger partial charge in [-0.05, 0) is 79.8 Å². The van der Waals surface area contributed by atoms with Gasteiger partial charge in [0.1, 0.15) is 11.8 Å². The number of anilines is 2. The van der Waals surface area contributed by atoms with E-state index >= 15 is 0 Å². The number of nitrogens with one attached hydrogen (secondary N) is 1. The van der Waals surface area contributed by atoms with E-state index < -0.39 is 0 Å². The van der Waals surface area contributed by atoms with Crippen molar-refractivity contribution >= 4 is 40.5 Å². The molecule has 0 saturated carbocycles. The zero-order valence-electron chi connectivity index (χ0n) is 20.5. The number of ether oxygens (including phenoxy) is 1. The van der Waals surface area contributed by atoms with Crippen LogP contribution >= 0.6 is 24.0 Å². The number of pyridine rings is 1. The summed E-state index contributed by atoms with van der Waals surface area (Å²) in [5.41, 5.74) is 4.37. The van der Waals surface area contributed by atoms with Gasteiger partial charge in [-0.25, -0.2) is 0 Å². The van der Waals surface area contributed by atoms with Gasteiger partial charge >= 0.3 is 0 Å². The maximum atomic E-state index is 6.44. The standard InChI is InChI=1S/C29H28N4O2S2/c1-20-5-11-23(12-6-20)37-26-14-13-25(35-26)28-27(24-4-2-3-15-30-24)31-29(36)33(28)22-9-7-21(8-10-22)32-16-18-34-19-17-32/h2-15,27-28H,16-19H2,1H3,(H,31,36)/t27-,28-/m1/s1. The first-order valence-electron chi connectivity index (χ1n) is 12.4. The summed E-state index contributed by atoms with van der Waals surface area (Å²) in [5.74, 6) is 0.842. The Labute approximate surface area is 226 Å². The second-order valence-electron chi connectivity index (χ2n) is 9.18. The van der Waals surface area contributed by atoms with Crippen LogP contribution in [0.25, 0.3) is 0 Å². The van der Waals surface area contributed by atoms with E-state index in [4.69, 9.17) is 21.4 Å².